The molecule has 1 unspecified atom stereocenters. The summed E-state index contributed by atoms with van der Waals surface area (Å²) in [5.74, 6) is 0.692. The van der Waals surface area contributed by atoms with Crippen molar-refractivity contribution in [2.45, 2.75) is 31.2 Å². The third-order valence-corrected chi connectivity index (χ3v) is 5.54. The van der Waals surface area contributed by atoms with Gasteiger partial charge in [0.1, 0.15) is 5.75 Å². The minimum absolute atomic E-state index is 0.0524. The summed E-state index contributed by atoms with van der Waals surface area (Å²) in [5, 5.41) is 3.21. The molecule has 0 bridgehead atoms. The van der Waals surface area contributed by atoms with Crippen LogP contribution < -0.4 is 10.1 Å². The average Bonchev–Trinajstić information content (AvgIpc) is 2.94. The minimum Gasteiger partial charge on any atom is -0.494 e. The van der Waals surface area contributed by atoms with E-state index in [0.717, 1.165) is 19.5 Å². The van der Waals surface area contributed by atoms with Gasteiger partial charge in [0.2, 0.25) is 10.0 Å². The van der Waals surface area contributed by atoms with Crippen LogP contribution in [0.5, 0.6) is 5.75 Å². The van der Waals surface area contributed by atoms with Gasteiger partial charge in [0.25, 0.3) is 0 Å². The standard InChI is InChI=1S/C14H22N2O3S/c1-3-16(12-9-10-15-11-12)20(17,18)14-7-5-13(6-8-14)19-4-2/h5-8,12,15H,3-4,9-11H2,1-2H3. The summed E-state index contributed by atoms with van der Waals surface area (Å²) < 4.78 is 32.3. The molecule has 20 heavy (non-hydrogen) atoms. The maximum Gasteiger partial charge on any atom is 0.243 e. The van der Waals surface area contributed by atoms with Gasteiger partial charge >= 0.3 is 0 Å². The third-order valence-electron chi connectivity index (χ3n) is 3.49. The molecule has 2 rings (SSSR count). The van der Waals surface area contributed by atoms with Gasteiger partial charge in [-0.2, -0.15) is 4.31 Å². The van der Waals surface area contributed by atoms with Crippen LogP contribution in [0.4, 0.5) is 0 Å². The topological polar surface area (TPSA) is 58.6 Å². The zero-order chi connectivity index (χ0) is 14.6. The van der Waals surface area contributed by atoms with Crippen molar-refractivity contribution in [1.29, 1.82) is 0 Å². The molecular formula is C14H22N2O3S. The maximum absolute atomic E-state index is 12.7. The van der Waals surface area contributed by atoms with Gasteiger partial charge in [-0.05, 0) is 44.2 Å². The van der Waals surface area contributed by atoms with Crippen LogP contribution in [0.1, 0.15) is 20.3 Å². The number of sulfonamides is 1. The average molecular weight is 298 g/mol. The first-order chi connectivity index (χ1) is 9.59. The first kappa shape index (κ1) is 15.3. The van der Waals surface area contributed by atoms with E-state index < -0.39 is 10.0 Å². The van der Waals surface area contributed by atoms with Crippen LogP contribution in [0.25, 0.3) is 0 Å². The summed E-state index contributed by atoms with van der Waals surface area (Å²) in [6.07, 6.45) is 0.865. The molecule has 1 aromatic rings. The number of hydrogen-bond donors (Lipinski definition) is 1. The molecule has 0 radical (unpaired) electrons. The Labute approximate surface area is 121 Å². The van der Waals surface area contributed by atoms with E-state index in [-0.39, 0.29) is 6.04 Å². The second-order valence-electron chi connectivity index (χ2n) is 4.76. The Hall–Kier alpha value is -1.11. The lowest BCUT2D eigenvalue weighted by molar-refractivity contribution is 0.339. The Kier molecular flexibility index (Phi) is 5.01. The Balaban J connectivity index is 2.23. The molecule has 5 nitrogen and oxygen atoms in total. The number of rotatable bonds is 6. The zero-order valence-electron chi connectivity index (χ0n) is 12.0. The lowest BCUT2D eigenvalue weighted by Gasteiger charge is -2.26. The number of hydrogen-bond acceptors (Lipinski definition) is 4. The van der Waals surface area contributed by atoms with E-state index in [2.05, 4.69) is 5.32 Å². The summed E-state index contributed by atoms with van der Waals surface area (Å²) in [7, 11) is -3.43. The highest BCUT2D eigenvalue weighted by atomic mass is 32.2. The summed E-state index contributed by atoms with van der Waals surface area (Å²) in [5.41, 5.74) is 0. The monoisotopic (exact) mass is 298 g/mol. The molecule has 1 N–H and O–H groups in total. The van der Waals surface area contributed by atoms with Gasteiger partial charge in [0.05, 0.1) is 11.5 Å². The van der Waals surface area contributed by atoms with Crippen molar-refractivity contribution in [2.75, 3.05) is 26.2 Å². The molecule has 0 spiro atoms. The highest BCUT2D eigenvalue weighted by Gasteiger charge is 2.31. The van der Waals surface area contributed by atoms with Crippen molar-refractivity contribution < 1.29 is 13.2 Å². The zero-order valence-corrected chi connectivity index (χ0v) is 12.8. The van der Waals surface area contributed by atoms with Crippen LogP contribution in [0.2, 0.25) is 0 Å². The Morgan fingerprint density at radius 1 is 1.30 bits per heavy atom. The molecule has 1 aliphatic heterocycles. The fourth-order valence-corrected chi connectivity index (χ4v) is 4.18. The van der Waals surface area contributed by atoms with E-state index in [1.165, 1.54) is 0 Å². The van der Waals surface area contributed by atoms with Crippen LogP contribution in [-0.2, 0) is 10.0 Å². The largest absolute Gasteiger partial charge is 0.494 e. The number of ether oxygens (including phenoxy) is 1. The molecule has 1 saturated heterocycles. The number of likely N-dealkylation sites (N-methyl/N-ethyl adjacent to an activating group) is 1. The van der Waals surface area contributed by atoms with Crippen LogP contribution in [0.3, 0.4) is 0 Å². The minimum atomic E-state index is -3.43. The summed E-state index contributed by atoms with van der Waals surface area (Å²) in [6.45, 7) is 6.44. The first-order valence-electron chi connectivity index (χ1n) is 7.05. The van der Waals surface area contributed by atoms with Crippen molar-refractivity contribution in [3.8, 4) is 5.75 Å². The van der Waals surface area contributed by atoms with E-state index >= 15 is 0 Å². The molecule has 1 aromatic carbocycles. The summed E-state index contributed by atoms with van der Waals surface area (Å²) in [4.78, 5) is 0.328. The molecule has 0 aromatic heterocycles. The van der Waals surface area contributed by atoms with E-state index in [1.807, 2.05) is 13.8 Å². The molecule has 1 atom stereocenters. The molecule has 0 aliphatic carbocycles. The maximum atomic E-state index is 12.7. The molecule has 6 heteroatoms. The fraction of sp³-hybridized carbons (Fsp3) is 0.571. The number of nitrogens with one attached hydrogen (secondary N) is 1. The normalized spacial score (nSPS) is 19.4. The van der Waals surface area contributed by atoms with Crippen molar-refractivity contribution in [3.05, 3.63) is 24.3 Å². The Morgan fingerprint density at radius 2 is 2.00 bits per heavy atom. The molecule has 112 valence electrons. The van der Waals surface area contributed by atoms with Crippen molar-refractivity contribution in [1.82, 2.24) is 9.62 Å². The summed E-state index contributed by atoms with van der Waals surface area (Å²) >= 11 is 0. The summed E-state index contributed by atoms with van der Waals surface area (Å²) in [6, 6.07) is 6.70. The van der Waals surface area contributed by atoms with E-state index in [1.54, 1.807) is 28.6 Å². The van der Waals surface area contributed by atoms with Crippen LogP contribution in [0, 0.1) is 0 Å². The second kappa shape index (κ2) is 6.56. The molecule has 0 saturated carbocycles. The second-order valence-corrected chi connectivity index (χ2v) is 6.65. The van der Waals surface area contributed by atoms with Gasteiger partial charge in [-0.15, -0.1) is 0 Å². The Bertz CT molecular complexity index is 522. The van der Waals surface area contributed by atoms with Crippen LogP contribution in [0.15, 0.2) is 29.2 Å². The van der Waals surface area contributed by atoms with E-state index in [0.29, 0.717) is 23.8 Å². The van der Waals surface area contributed by atoms with Crippen LogP contribution >= 0.6 is 0 Å². The van der Waals surface area contributed by atoms with Crippen LogP contribution in [-0.4, -0.2) is 45.0 Å². The smallest absolute Gasteiger partial charge is 0.243 e. The quantitative estimate of drug-likeness (QED) is 0.864. The Morgan fingerprint density at radius 3 is 2.50 bits per heavy atom. The van der Waals surface area contributed by atoms with Crippen molar-refractivity contribution in [2.24, 2.45) is 0 Å². The van der Waals surface area contributed by atoms with Gasteiger partial charge in [0, 0.05) is 19.1 Å². The van der Waals surface area contributed by atoms with Crippen molar-refractivity contribution in [3.63, 3.8) is 0 Å². The predicted octanol–water partition coefficient (Wildman–Crippen LogP) is 1.46. The molecule has 1 fully saturated rings. The van der Waals surface area contributed by atoms with E-state index in [4.69, 9.17) is 4.74 Å². The predicted molar refractivity (Wildman–Crippen MR) is 78.5 cm³/mol. The van der Waals surface area contributed by atoms with E-state index in [9.17, 15) is 8.42 Å². The van der Waals surface area contributed by atoms with Gasteiger partial charge in [-0.25, -0.2) is 8.42 Å². The number of nitrogens with zero attached hydrogens (tertiary/aromatic N) is 1. The lowest BCUT2D eigenvalue weighted by Crippen LogP contribution is -2.41. The SMILES string of the molecule is CCOc1ccc(S(=O)(=O)N(CC)C2CCNC2)cc1. The number of benzene rings is 1. The molecule has 0 amide bonds. The highest BCUT2D eigenvalue weighted by molar-refractivity contribution is 7.89. The first-order valence-corrected chi connectivity index (χ1v) is 8.49. The molecular weight excluding hydrogens is 276 g/mol. The molecule has 1 aliphatic rings. The highest BCUT2D eigenvalue weighted by Crippen LogP contribution is 2.23. The lowest BCUT2D eigenvalue weighted by atomic mass is 10.3. The fourth-order valence-electron chi connectivity index (χ4n) is 2.52. The van der Waals surface area contributed by atoms with Crippen molar-refractivity contribution >= 4 is 10.0 Å². The molecule has 1 heterocycles. The van der Waals surface area contributed by atoms with Gasteiger partial charge in [0.15, 0.2) is 0 Å². The van der Waals surface area contributed by atoms with Gasteiger partial charge in [-0.3, -0.25) is 0 Å². The van der Waals surface area contributed by atoms with Gasteiger partial charge < -0.3 is 10.1 Å². The van der Waals surface area contributed by atoms with Gasteiger partial charge in [-0.1, -0.05) is 6.92 Å². The third kappa shape index (κ3) is 3.13.